The molecule has 0 saturated heterocycles. The van der Waals surface area contributed by atoms with Gasteiger partial charge < -0.3 is 9.47 Å². The van der Waals surface area contributed by atoms with Crippen LogP contribution >= 0.6 is 15.9 Å². The van der Waals surface area contributed by atoms with Crippen LogP contribution in [0.5, 0.6) is 11.5 Å². The third-order valence-electron chi connectivity index (χ3n) is 2.24. The fraction of sp³-hybridized carbons (Fsp3) is 0.417. The molecule has 0 heterocycles. The first-order valence-corrected chi connectivity index (χ1v) is 5.90. The van der Waals surface area contributed by atoms with Gasteiger partial charge in [-0.15, -0.1) is 0 Å². The van der Waals surface area contributed by atoms with Gasteiger partial charge in [0.2, 0.25) is 0 Å². The molecule has 0 aliphatic rings. The van der Waals surface area contributed by atoms with E-state index >= 15 is 0 Å². The standard InChI is InChI=1S/C12H15BrO3/c1-4-11(14)8(2)16-12-6-5-9(15-3)7-10(12)13/h5-8H,4H2,1-3H3. The minimum absolute atomic E-state index is 0.0859. The third-order valence-corrected chi connectivity index (χ3v) is 2.86. The molecule has 0 fully saturated rings. The van der Waals surface area contributed by atoms with Crippen LogP contribution in [-0.2, 0) is 4.79 Å². The Morgan fingerprint density at radius 2 is 2.19 bits per heavy atom. The molecule has 1 aromatic rings. The van der Waals surface area contributed by atoms with Gasteiger partial charge in [-0.1, -0.05) is 6.92 Å². The smallest absolute Gasteiger partial charge is 0.172 e. The molecular weight excluding hydrogens is 272 g/mol. The van der Waals surface area contributed by atoms with E-state index in [4.69, 9.17) is 9.47 Å². The summed E-state index contributed by atoms with van der Waals surface area (Å²) in [6.07, 6.45) is 0.0595. The highest BCUT2D eigenvalue weighted by Gasteiger charge is 2.14. The van der Waals surface area contributed by atoms with E-state index in [1.807, 2.05) is 6.92 Å². The maximum absolute atomic E-state index is 11.4. The van der Waals surface area contributed by atoms with Gasteiger partial charge >= 0.3 is 0 Å². The molecule has 0 bridgehead atoms. The Morgan fingerprint density at radius 3 is 2.69 bits per heavy atom. The first kappa shape index (κ1) is 13.0. The summed E-state index contributed by atoms with van der Waals surface area (Å²) in [5.74, 6) is 1.48. The number of Topliss-reactive ketones (excluding diaryl/α,β-unsaturated/α-hetero) is 1. The number of carbonyl (C=O) groups is 1. The number of hydrogen-bond donors (Lipinski definition) is 0. The van der Waals surface area contributed by atoms with Gasteiger partial charge in [0.05, 0.1) is 11.6 Å². The highest BCUT2D eigenvalue weighted by atomic mass is 79.9. The summed E-state index contributed by atoms with van der Waals surface area (Å²) in [6.45, 7) is 3.58. The van der Waals surface area contributed by atoms with Crippen LogP contribution in [0.2, 0.25) is 0 Å². The van der Waals surface area contributed by atoms with E-state index in [0.29, 0.717) is 12.2 Å². The van der Waals surface area contributed by atoms with Gasteiger partial charge in [-0.2, -0.15) is 0 Å². The van der Waals surface area contributed by atoms with Gasteiger partial charge in [-0.3, -0.25) is 4.79 Å². The molecule has 0 spiro atoms. The summed E-state index contributed by atoms with van der Waals surface area (Å²) in [6, 6.07) is 5.38. The number of hydrogen-bond acceptors (Lipinski definition) is 3. The molecule has 4 heteroatoms. The Morgan fingerprint density at radius 1 is 1.50 bits per heavy atom. The monoisotopic (exact) mass is 286 g/mol. The average Bonchev–Trinajstić information content (AvgIpc) is 2.30. The Balaban J connectivity index is 2.78. The minimum atomic E-state index is -0.422. The average molecular weight is 287 g/mol. The Kier molecular flexibility index (Phi) is 4.80. The summed E-state index contributed by atoms with van der Waals surface area (Å²) in [5, 5.41) is 0. The molecule has 0 N–H and O–H groups in total. The van der Waals surface area contributed by atoms with Crippen molar-refractivity contribution in [2.45, 2.75) is 26.4 Å². The van der Waals surface area contributed by atoms with Crippen LogP contribution < -0.4 is 9.47 Å². The Bertz CT molecular complexity index is 377. The van der Waals surface area contributed by atoms with Crippen molar-refractivity contribution in [3.63, 3.8) is 0 Å². The molecule has 1 unspecified atom stereocenters. The predicted molar refractivity (Wildman–Crippen MR) is 66.1 cm³/mol. The maximum atomic E-state index is 11.4. The van der Waals surface area contributed by atoms with Crippen molar-refractivity contribution in [2.24, 2.45) is 0 Å². The lowest BCUT2D eigenvalue weighted by atomic mass is 10.2. The second-order valence-corrected chi connectivity index (χ2v) is 4.23. The largest absolute Gasteiger partial charge is 0.497 e. The van der Waals surface area contributed by atoms with Crippen molar-refractivity contribution in [3.8, 4) is 11.5 Å². The number of ketones is 1. The fourth-order valence-corrected chi connectivity index (χ4v) is 1.70. The van der Waals surface area contributed by atoms with Crippen LogP contribution in [0.15, 0.2) is 22.7 Å². The van der Waals surface area contributed by atoms with Crippen LogP contribution in [0.4, 0.5) is 0 Å². The third kappa shape index (κ3) is 3.23. The SMILES string of the molecule is CCC(=O)C(C)Oc1ccc(OC)cc1Br. The van der Waals surface area contributed by atoms with E-state index < -0.39 is 6.10 Å². The quantitative estimate of drug-likeness (QED) is 0.834. The van der Waals surface area contributed by atoms with Gasteiger partial charge in [0.25, 0.3) is 0 Å². The van der Waals surface area contributed by atoms with Gasteiger partial charge in [0.15, 0.2) is 11.9 Å². The molecular formula is C12H15BrO3. The van der Waals surface area contributed by atoms with E-state index in [-0.39, 0.29) is 5.78 Å². The molecule has 1 atom stereocenters. The van der Waals surface area contributed by atoms with Crippen molar-refractivity contribution in [3.05, 3.63) is 22.7 Å². The van der Waals surface area contributed by atoms with Crippen molar-refractivity contribution >= 4 is 21.7 Å². The highest BCUT2D eigenvalue weighted by Crippen LogP contribution is 2.29. The molecule has 0 aliphatic carbocycles. The zero-order chi connectivity index (χ0) is 12.1. The summed E-state index contributed by atoms with van der Waals surface area (Å²) in [5.41, 5.74) is 0. The number of carbonyl (C=O) groups excluding carboxylic acids is 1. The summed E-state index contributed by atoms with van der Waals surface area (Å²) in [4.78, 5) is 11.4. The predicted octanol–water partition coefficient (Wildman–Crippen LogP) is 3.20. The highest BCUT2D eigenvalue weighted by molar-refractivity contribution is 9.10. The number of benzene rings is 1. The molecule has 0 aromatic heterocycles. The van der Waals surface area contributed by atoms with E-state index in [0.717, 1.165) is 10.2 Å². The van der Waals surface area contributed by atoms with Crippen LogP contribution in [-0.4, -0.2) is 19.0 Å². The summed E-state index contributed by atoms with van der Waals surface area (Å²) < 4.78 is 11.4. The van der Waals surface area contributed by atoms with Crippen molar-refractivity contribution in [1.82, 2.24) is 0 Å². The normalized spacial score (nSPS) is 12.0. The van der Waals surface area contributed by atoms with Crippen LogP contribution in [0.3, 0.4) is 0 Å². The van der Waals surface area contributed by atoms with Crippen molar-refractivity contribution in [2.75, 3.05) is 7.11 Å². The molecule has 3 nitrogen and oxygen atoms in total. The van der Waals surface area contributed by atoms with E-state index in [2.05, 4.69) is 15.9 Å². The minimum Gasteiger partial charge on any atom is -0.497 e. The zero-order valence-corrected chi connectivity index (χ0v) is 11.2. The van der Waals surface area contributed by atoms with Crippen molar-refractivity contribution < 1.29 is 14.3 Å². The molecule has 16 heavy (non-hydrogen) atoms. The number of methoxy groups -OCH3 is 1. The first-order chi connectivity index (χ1) is 7.58. The summed E-state index contributed by atoms with van der Waals surface area (Å²) in [7, 11) is 1.60. The molecule has 1 aromatic carbocycles. The molecule has 1 rings (SSSR count). The fourth-order valence-electron chi connectivity index (χ4n) is 1.25. The number of rotatable bonds is 5. The molecule has 0 saturated carbocycles. The van der Waals surface area contributed by atoms with Crippen LogP contribution in [0.25, 0.3) is 0 Å². The van der Waals surface area contributed by atoms with E-state index in [1.165, 1.54) is 0 Å². The van der Waals surface area contributed by atoms with Gasteiger partial charge in [-0.25, -0.2) is 0 Å². The lowest BCUT2D eigenvalue weighted by Gasteiger charge is -2.14. The Hall–Kier alpha value is -1.03. The molecule has 0 aliphatic heterocycles. The summed E-state index contributed by atoms with van der Waals surface area (Å²) >= 11 is 3.37. The molecule has 0 amide bonds. The van der Waals surface area contributed by atoms with Crippen LogP contribution in [0.1, 0.15) is 20.3 Å². The van der Waals surface area contributed by atoms with Gasteiger partial charge in [0.1, 0.15) is 11.5 Å². The lowest BCUT2D eigenvalue weighted by Crippen LogP contribution is -2.22. The van der Waals surface area contributed by atoms with Crippen LogP contribution in [0, 0.1) is 0 Å². The van der Waals surface area contributed by atoms with E-state index in [9.17, 15) is 4.79 Å². The second kappa shape index (κ2) is 5.89. The van der Waals surface area contributed by atoms with Gasteiger partial charge in [0, 0.05) is 6.42 Å². The zero-order valence-electron chi connectivity index (χ0n) is 9.62. The van der Waals surface area contributed by atoms with Gasteiger partial charge in [-0.05, 0) is 41.1 Å². The molecule has 0 radical (unpaired) electrons. The maximum Gasteiger partial charge on any atom is 0.172 e. The first-order valence-electron chi connectivity index (χ1n) is 5.11. The van der Waals surface area contributed by atoms with E-state index in [1.54, 1.807) is 32.2 Å². The molecule has 88 valence electrons. The Labute approximate surface area is 104 Å². The van der Waals surface area contributed by atoms with Crippen molar-refractivity contribution in [1.29, 1.82) is 0 Å². The second-order valence-electron chi connectivity index (χ2n) is 3.38. The topological polar surface area (TPSA) is 35.5 Å². The number of ether oxygens (including phenoxy) is 2. The number of halogens is 1. The lowest BCUT2D eigenvalue weighted by molar-refractivity contribution is -0.124.